The average molecular weight is 273 g/mol. The highest BCUT2D eigenvalue weighted by Crippen LogP contribution is 2.14. The molecule has 7 nitrogen and oxygen atoms in total. The van der Waals surface area contributed by atoms with Gasteiger partial charge in [0.2, 0.25) is 0 Å². The predicted molar refractivity (Wildman–Crippen MR) is 73.6 cm³/mol. The number of pyridine rings is 1. The number of fused-ring (bicyclic) bond motifs is 1. The maximum atomic E-state index is 12.6. The molecular weight excluding hydrogens is 258 g/mol. The third-order valence-corrected chi connectivity index (χ3v) is 3.46. The Morgan fingerprint density at radius 1 is 1.30 bits per heavy atom. The van der Waals surface area contributed by atoms with Crippen molar-refractivity contribution in [1.82, 2.24) is 25.0 Å². The molecule has 2 aromatic heterocycles. The first-order valence-electron chi connectivity index (χ1n) is 6.49. The zero-order valence-corrected chi connectivity index (χ0v) is 11.2. The lowest BCUT2D eigenvalue weighted by Gasteiger charge is -2.27. The molecule has 0 unspecified atom stereocenters. The minimum atomic E-state index is -0.223. The lowest BCUT2D eigenvalue weighted by Crippen LogP contribution is -2.47. The van der Waals surface area contributed by atoms with Gasteiger partial charge in [-0.1, -0.05) is 0 Å². The van der Waals surface area contributed by atoms with Crippen LogP contribution in [-0.4, -0.2) is 51.8 Å². The SMILES string of the molecule is Cn1nc(C(=O)N2CCNCC2)c2cnccc2c1=O. The summed E-state index contributed by atoms with van der Waals surface area (Å²) in [6.45, 7) is 2.83. The maximum absolute atomic E-state index is 12.6. The van der Waals surface area contributed by atoms with Crippen molar-refractivity contribution in [3.8, 4) is 0 Å². The Balaban J connectivity index is 2.13. The highest BCUT2D eigenvalue weighted by molar-refractivity contribution is 6.04. The van der Waals surface area contributed by atoms with Gasteiger partial charge in [0, 0.05) is 51.0 Å². The number of piperazine rings is 1. The van der Waals surface area contributed by atoms with Crippen LogP contribution in [0.1, 0.15) is 10.5 Å². The Hall–Kier alpha value is -2.28. The second-order valence-corrected chi connectivity index (χ2v) is 4.74. The van der Waals surface area contributed by atoms with Gasteiger partial charge in [0.1, 0.15) is 0 Å². The summed E-state index contributed by atoms with van der Waals surface area (Å²) in [4.78, 5) is 30.3. The molecule has 1 aliphatic rings. The summed E-state index contributed by atoms with van der Waals surface area (Å²) in [7, 11) is 1.55. The van der Waals surface area contributed by atoms with Gasteiger partial charge < -0.3 is 10.2 Å². The number of rotatable bonds is 1. The van der Waals surface area contributed by atoms with Crippen molar-refractivity contribution in [2.75, 3.05) is 26.2 Å². The third-order valence-electron chi connectivity index (χ3n) is 3.46. The van der Waals surface area contributed by atoms with Crippen LogP contribution in [-0.2, 0) is 7.05 Å². The van der Waals surface area contributed by atoms with Gasteiger partial charge in [0.25, 0.3) is 11.5 Å². The standard InChI is InChI=1S/C13H15N5O2/c1-17-12(19)9-2-3-15-8-10(9)11(16-17)13(20)18-6-4-14-5-7-18/h2-3,8,14H,4-7H2,1H3. The zero-order chi connectivity index (χ0) is 14.1. The van der Waals surface area contributed by atoms with Crippen molar-refractivity contribution in [3.63, 3.8) is 0 Å². The normalized spacial score (nSPS) is 15.6. The van der Waals surface area contributed by atoms with E-state index in [-0.39, 0.29) is 17.2 Å². The first-order valence-corrected chi connectivity index (χ1v) is 6.49. The second kappa shape index (κ2) is 5.01. The van der Waals surface area contributed by atoms with Gasteiger partial charge in [-0.25, -0.2) is 4.68 Å². The van der Waals surface area contributed by atoms with Crippen molar-refractivity contribution in [1.29, 1.82) is 0 Å². The lowest BCUT2D eigenvalue weighted by atomic mass is 10.1. The Morgan fingerprint density at radius 3 is 2.80 bits per heavy atom. The molecule has 1 N–H and O–H groups in total. The van der Waals surface area contributed by atoms with Crippen LogP contribution in [0.15, 0.2) is 23.3 Å². The number of nitrogens with zero attached hydrogens (tertiary/aromatic N) is 4. The third kappa shape index (κ3) is 2.05. The van der Waals surface area contributed by atoms with Crippen LogP contribution in [0, 0.1) is 0 Å². The van der Waals surface area contributed by atoms with Crippen molar-refractivity contribution in [3.05, 3.63) is 34.5 Å². The van der Waals surface area contributed by atoms with E-state index < -0.39 is 0 Å². The topological polar surface area (TPSA) is 80.1 Å². The summed E-state index contributed by atoms with van der Waals surface area (Å²) in [6, 6.07) is 1.62. The van der Waals surface area contributed by atoms with Gasteiger partial charge in [-0.05, 0) is 6.07 Å². The molecule has 0 atom stereocenters. The lowest BCUT2D eigenvalue weighted by molar-refractivity contribution is 0.0729. The quantitative estimate of drug-likeness (QED) is 0.748. The molecule has 2 aromatic rings. The Kier molecular flexibility index (Phi) is 3.19. The van der Waals surface area contributed by atoms with Crippen LogP contribution in [0.4, 0.5) is 0 Å². The summed E-state index contributed by atoms with van der Waals surface area (Å²) < 4.78 is 1.21. The molecule has 0 aromatic carbocycles. The van der Waals surface area contributed by atoms with E-state index in [2.05, 4.69) is 15.4 Å². The summed E-state index contributed by atoms with van der Waals surface area (Å²) in [5.41, 5.74) is 0.0661. The molecule has 3 rings (SSSR count). The van der Waals surface area contributed by atoms with Gasteiger partial charge in [-0.15, -0.1) is 0 Å². The minimum absolute atomic E-state index is 0.153. The molecule has 0 aliphatic carbocycles. The molecule has 1 saturated heterocycles. The van der Waals surface area contributed by atoms with E-state index in [0.717, 1.165) is 13.1 Å². The molecule has 104 valence electrons. The van der Waals surface area contributed by atoms with E-state index in [0.29, 0.717) is 23.9 Å². The molecule has 0 radical (unpaired) electrons. The molecule has 0 saturated carbocycles. The molecule has 7 heteroatoms. The Labute approximate surface area is 115 Å². The second-order valence-electron chi connectivity index (χ2n) is 4.74. The zero-order valence-electron chi connectivity index (χ0n) is 11.2. The van der Waals surface area contributed by atoms with Gasteiger partial charge in [-0.2, -0.15) is 5.10 Å². The van der Waals surface area contributed by atoms with Crippen LogP contribution in [0.25, 0.3) is 10.8 Å². The van der Waals surface area contributed by atoms with Gasteiger partial charge >= 0.3 is 0 Å². The molecule has 0 bridgehead atoms. The summed E-state index contributed by atoms with van der Waals surface area (Å²) >= 11 is 0. The molecule has 1 amide bonds. The first-order chi connectivity index (χ1) is 9.68. The summed E-state index contributed by atoms with van der Waals surface area (Å²) in [5, 5.41) is 8.31. The molecule has 1 fully saturated rings. The number of hydrogen-bond acceptors (Lipinski definition) is 5. The highest BCUT2D eigenvalue weighted by atomic mass is 16.2. The monoisotopic (exact) mass is 273 g/mol. The van der Waals surface area contributed by atoms with Crippen LogP contribution < -0.4 is 10.9 Å². The number of hydrogen-bond donors (Lipinski definition) is 1. The van der Waals surface area contributed by atoms with Crippen LogP contribution >= 0.6 is 0 Å². The number of amides is 1. The smallest absolute Gasteiger partial charge is 0.275 e. The van der Waals surface area contributed by atoms with Gasteiger partial charge in [-0.3, -0.25) is 14.6 Å². The summed E-state index contributed by atoms with van der Waals surface area (Å²) in [5.74, 6) is -0.153. The molecule has 20 heavy (non-hydrogen) atoms. The first kappa shape index (κ1) is 12.7. The van der Waals surface area contributed by atoms with Gasteiger partial charge in [0.05, 0.1) is 5.39 Å². The molecular formula is C13H15N5O2. The predicted octanol–water partition coefficient (Wildman–Crippen LogP) is -0.626. The average Bonchev–Trinajstić information content (AvgIpc) is 2.51. The molecule has 3 heterocycles. The number of aromatic nitrogens is 3. The van der Waals surface area contributed by atoms with Crippen molar-refractivity contribution in [2.24, 2.45) is 7.05 Å². The Morgan fingerprint density at radius 2 is 2.05 bits per heavy atom. The fraction of sp³-hybridized carbons (Fsp3) is 0.385. The Bertz CT molecular complexity index is 718. The number of aryl methyl sites for hydroxylation is 1. The minimum Gasteiger partial charge on any atom is -0.335 e. The number of carbonyl (C=O) groups is 1. The number of nitrogens with one attached hydrogen (secondary N) is 1. The van der Waals surface area contributed by atoms with Crippen molar-refractivity contribution >= 4 is 16.7 Å². The number of carbonyl (C=O) groups excluding carboxylic acids is 1. The van der Waals surface area contributed by atoms with E-state index in [1.807, 2.05) is 0 Å². The van der Waals surface area contributed by atoms with Crippen molar-refractivity contribution in [2.45, 2.75) is 0 Å². The van der Waals surface area contributed by atoms with Crippen LogP contribution in [0.5, 0.6) is 0 Å². The van der Waals surface area contributed by atoms with Crippen LogP contribution in [0.2, 0.25) is 0 Å². The molecule has 1 aliphatic heterocycles. The van der Waals surface area contributed by atoms with E-state index in [1.54, 1.807) is 24.2 Å². The highest BCUT2D eigenvalue weighted by Gasteiger charge is 2.22. The fourth-order valence-electron chi connectivity index (χ4n) is 2.37. The van der Waals surface area contributed by atoms with Crippen LogP contribution in [0.3, 0.4) is 0 Å². The largest absolute Gasteiger partial charge is 0.335 e. The van der Waals surface area contributed by atoms with Crippen molar-refractivity contribution < 1.29 is 4.79 Å². The maximum Gasteiger partial charge on any atom is 0.275 e. The van der Waals surface area contributed by atoms with E-state index in [9.17, 15) is 9.59 Å². The van der Waals surface area contributed by atoms with E-state index >= 15 is 0 Å². The van der Waals surface area contributed by atoms with E-state index in [4.69, 9.17) is 0 Å². The molecule has 0 spiro atoms. The van der Waals surface area contributed by atoms with E-state index in [1.165, 1.54) is 10.9 Å². The fourth-order valence-corrected chi connectivity index (χ4v) is 2.37. The summed E-state index contributed by atoms with van der Waals surface area (Å²) in [6.07, 6.45) is 3.07. The van der Waals surface area contributed by atoms with Gasteiger partial charge in [0.15, 0.2) is 5.69 Å².